The molecule has 0 unspecified atom stereocenters. The van der Waals surface area contributed by atoms with Crippen molar-refractivity contribution in [2.45, 2.75) is 6.42 Å². The lowest BCUT2D eigenvalue weighted by Crippen LogP contribution is -1.87. The summed E-state index contributed by atoms with van der Waals surface area (Å²) in [5.74, 6) is 0.997. The number of nitrogens with zero attached hydrogens (tertiary/aromatic N) is 2. The molecule has 0 fully saturated rings. The van der Waals surface area contributed by atoms with Gasteiger partial charge in [0.25, 0.3) is 0 Å². The first-order chi connectivity index (χ1) is 7.83. The Labute approximate surface area is 102 Å². The van der Waals surface area contributed by atoms with Crippen LogP contribution in [-0.2, 0) is 6.42 Å². The molecule has 0 atom stereocenters. The molecule has 16 heavy (non-hydrogen) atoms. The van der Waals surface area contributed by atoms with Gasteiger partial charge in [-0.1, -0.05) is 0 Å². The summed E-state index contributed by atoms with van der Waals surface area (Å²) in [7, 11) is 0. The topological polar surface area (TPSA) is 35.0 Å². The highest BCUT2D eigenvalue weighted by Gasteiger charge is 2.13. The fourth-order valence-corrected chi connectivity index (χ4v) is 2.15. The van der Waals surface area contributed by atoms with Crippen LogP contribution in [0, 0.1) is 0 Å². The maximum atomic E-state index is 5.47. The van der Waals surface area contributed by atoms with Crippen molar-refractivity contribution in [2.24, 2.45) is 0 Å². The molecule has 0 N–H and O–H groups in total. The van der Waals surface area contributed by atoms with E-state index in [1.165, 1.54) is 5.56 Å². The van der Waals surface area contributed by atoms with Crippen LogP contribution in [0.4, 0.5) is 0 Å². The number of ether oxygens (including phenoxy) is 1. The maximum absolute atomic E-state index is 5.47. The van der Waals surface area contributed by atoms with Gasteiger partial charge >= 0.3 is 0 Å². The Hall–Kier alpha value is -1.42. The Morgan fingerprint density at radius 3 is 3.06 bits per heavy atom. The monoisotopic (exact) mass is 276 g/mol. The van der Waals surface area contributed by atoms with Gasteiger partial charge in [-0.05, 0) is 45.8 Å². The molecule has 0 radical (unpaired) electrons. The number of hydrogen-bond donors (Lipinski definition) is 0. The second-order valence-corrected chi connectivity index (χ2v) is 4.34. The number of fused-ring (bicyclic) bond motifs is 1. The van der Waals surface area contributed by atoms with Crippen LogP contribution in [0.15, 0.2) is 35.2 Å². The molecular formula is C12H9BrN2O. The summed E-state index contributed by atoms with van der Waals surface area (Å²) in [5.41, 5.74) is 3.29. The summed E-state index contributed by atoms with van der Waals surface area (Å²) in [6.45, 7) is 0.784. The molecule has 4 heteroatoms. The third-order valence-electron chi connectivity index (χ3n) is 2.61. The highest BCUT2D eigenvalue weighted by molar-refractivity contribution is 9.10. The zero-order valence-electron chi connectivity index (χ0n) is 8.48. The van der Waals surface area contributed by atoms with Crippen LogP contribution in [0.25, 0.3) is 11.3 Å². The van der Waals surface area contributed by atoms with Crippen LogP contribution >= 0.6 is 15.9 Å². The fraction of sp³-hybridized carbons (Fsp3) is 0.167. The molecule has 3 nitrogen and oxygen atoms in total. The Morgan fingerprint density at radius 1 is 1.25 bits per heavy atom. The third-order valence-corrected chi connectivity index (χ3v) is 2.99. The molecule has 0 amide bonds. The summed E-state index contributed by atoms with van der Waals surface area (Å²) in [4.78, 5) is 8.35. The Kier molecular flexibility index (Phi) is 2.36. The van der Waals surface area contributed by atoms with Crippen LogP contribution in [0.1, 0.15) is 5.56 Å². The third kappa shape index (κ3) is 1.69. The fourth-order valence-electron chi connectivity index (χ4n) is 1.84. The lowest BCUT2D eigenvalue weighted by molar-refractivity contribution is 0.357. The molecule has 0 aliphatic carbocycles. The van der Waals surface area contributed by atoms with Gasteiger partial charge in [0.2, 0.25) is 0 Å². The molecule has 0 bridgehead atoms. The van der Waals surface area contributed by atoms with E-state index in [0.717, 1.165) is 30.0 Å². The highest BCUT2D eigenvalue weighted by Crippen LogP contribution is 2.29. The van der Waals surface area contributed by atoms with E-state index < -0.39 is 0 Å². The molecule has 1 aliphatic rings. The van der Waals surface area contributed by atoms with E-state index in [0.29, 0.717) is 4.73 Å². The van der Waals surface area contributed by atoms with Gasteiger partial charge in [0.1, 0.15) is 5.75 Å². The molecule has 0 saturated heterocycles. The molecule has 0 spiro atoms. The molecule has 2 heterocycles. The number of halogens is 1. The molecule has 80 valence electrons. The molecule has 2 aromatic rings. The maximum Gasteiger partial charge on any atom is 0.197 e. The minimum absolute atomic E-state index is 0.613. The first kappa shape index (κ1) is 9.78. The molecular weight excluding hydrogens is 268 g/mol. The summed E-state index contributed by atoms with van der Waals surface area (Å²) in [5, 5.41) is 0. The minimum atomic E-state index is 0.613. The Balaban J connectivity index is 2.07. The van der Waals surface area contributed by atoms with Crippen molar-refractivity contribution in [3.8, 4) is 17.0 Å². The average Bonchev–Trinajstić information content (AvgIpc) is 2.75. The van der Waals surface area contributed by atoms with Gasteiger partial charge in [-0.15, -0.1) is 0 Å². The van der Waals surface area contributed by atoms with Crippen molar-refractivity contribution in [1.82, 2.24) is 9.97 Å². The van der Waals surface area contributed by atoms with Crippen LogP contribution in [0.2, 0.25) is 0 Å². The van der Waals surface area contributed by atoms with E-state index in [1.54, 1.807) is 6.20 Å². The van der Waals surface area contributed by atoms with Crippen molar-refractivity contribution < 1.29 is 4.74 Å². The quantitative estimate of drug-likeness (QED) is 0.752. The summed E-state index contributed by atoms with van der Waals surface area (Å²) in [6.07, 6.45) is 2.73. The Bertz CT molecular complexity index is 542. The van der Waals surface area contributed by atoms with Gasteiger partial charge in [-0.25, -0.2) is 9.97 Å². The number of aromatic nitrogens is 2. The number of benzene rings is 1. The van der Waals surface area contributed by atoms with Crippen molar-refractivity contribution in [3.05, 3.63) is 40.8 Å². The van der Waals surface area contributed by atoms with Gasteiger partial charge in [-0.3, -0.25) is 0 Å². The first-order valence-electron chi connectivity index (χ1n) is 5.07. The Morgan fingerprint density at radius 2 is 2.19 bits per heavy atom. The normalized spacial score (nSPS) is 13.3. The van der Waals surface area contributed by atoms with E-state index in [-0.39, 0.29) is 0 Å². The average molecular weight is 277 g/mol. The minimum Gasteiger partial charge on any atom is -0.493 e. The summed E-state index contributed by atoms with van der Waals surface area (Å²) < 4.78 is 6.08. The second-order valence-electron chi connectivity index (χ2n) is 3.63. The van der Waals surface area contributed by atoms with Crippen LogP contribution in [0.5, 0.6) is 5.75 Å². The number of rotatable bonds is 1. The van der Waals surface area contributed by atoms with Crippen LogP contribution in [-0.4, -0.2) is 16.6 Å². The smallest absolute Gasteiger partial charge is 0.197 e. The SMILES string of the molecule is Brc1nccc(-c2ccc3c(c2)CCO3)n1. The molecule has 1 aliphatic heterocycles. The van der Waals surface area contributed by atoms with E-state index in [1.807, 2.05) is 18.2 Å². The zero-order valence-corrected chi connectivity index (χ0v) is 10.1. The van der Waals surface area contributed by atoms with Gasteiger partial charge < -0.3 is 4.74 Å². The van der Waals surface area contributed by atoms with E-state index in [9.17, 15) is 0 Å². The van der Waals surface area contributed by atoms with Crippen molar-refractivity contribution in [3.63, 3.8) is 0 Å². The molecule has 1 aromatic heterocycles. The molecule has 3 rings (SSSR count). The van der Waals surface area contributed by atoms with Gasteiger partial charge in [0.05, 0.1) is 12.3 Å². The summed E-state index contributed by atoms with van der Waals surface area (Å²) >= 11 is 3.27. The molecule has 1 aromatic carbocycles. The van der Waals surface area contributed by atoms with E-state index in [4.69, 9.17) is 4.74 Å². The lowest BCUT2D eigenvalue weighted by atomic mass is 10.1. The second kappa shape index (κ2) is 3.87. The lowest BCUT2D eigenvalue weighted by Gasteiger charge is -2.03. The van der Waals surface area contributed by atoms with Crippen molar-refractivity contribution >= 4 is 15.9 Å². The first-order valence-corrected chi connectivity index (χ1v) is 5.87. The van der Waals surface area contributed by atoms with Crippen molar-refractivity contribution in [1.29, 1.82) is 0 Å². The standard InChI is InChI=1S/C12H9BrN2O/c13-12-14-5-3-10(15-12)8-1-2-11-9(7-8)4-6-16-11/h1-3,5,7H,4,6H2. The van der Waals surface area contributed by atoms with Crippen molar-refractivity contribution in [2.75, 3.05) is 6.61 Å². The summed E-state index contributed by atoms with van der Waals surface area (Å²) in [6, 6.07) is 8.08. The number of hydrogen-bond acceptors (Lipinski definition) is 3. The van der Waals surface area contributed by atoms with Gasteiger partial charge in [0.15, 0.2) is 4.73 Å². The predicted octanol–water partition coefficient (Wildman–Crippen LogP) is 2.84. The predicted molar refractivity (Wildman–Crippen MR) is 64.4 cm³/mol. The molecule has 0 saturated carbocycles. The van der Waals surface area contributed by atoms with Gasteiger partial charge in [0, 0.05) is 18.2 Å². The largest absolute Gasteiger partial charge is 0.493 e. The van der Waals surface area contributed by atoms with Crippen LogP contribution < -0.4 is 4.74 Å². The van der Waals surface area contributed by atoms with E-state index >= 15 is 0 Å². The van der Waals surface area contributed by atoms with E-state index in [2.05, 4.69) is 32.0 Å². The van der Waals surface area contributed by atoms with Crippen LogP contribution in [0.3, 0.4) is 0 Å². The highest BCUT2D eigenvalue weighted by atomic mass is 79.9. The van der Waals surface area contributed by atoms with Gasteiger partial charge in [-0.2, -0.15) is 0 Å². The zero-order chi connectivity index (χ0) is 11.0.